The third-order valence-electron chi connectivity index (χ3n) is 4.29. The van der Waals surface area contributed by atoms with Crippen LogP contribution in [-0.4, -0.2) is 49.8 Å². The van der Waals surface area contributed by atoms with E-state index in [0.717, 1.165) is 12.1 Å². The summed E-state index contributed by atoms with van der Waals surface area (Å²) in [5, 5.41) is 0. The number of benzene rings is 1. The normalized spacial score (nSPS) is 10.8. The van der Waals surface area contributed by atoms with Gasteiger partial charge in [-0.3, -0.25) is 9.78 Å². The SMILES string of the molecule is COCCN(Cc1ccccn1)C(=O)c1ccc(OCCC(C)C)c(OC)c1. The van der Waals surface area contributed by atoms with Gasteiger partial charge in [0.25, 0.3) is 5.91 Å². The fraction of sp³-hybridized carbons (Fsp3) is 0.455. The highest BCUT2D eigenvalue weighted by molar-refractivity contribution is 5.95. The van der Waals surface area contributed by atoms with Gasteiger partial charge in [0.2, 0.25) is 0 Å². The molecule has 0 radical (unpaired) electrons. The molecule has 1 amide bonds. The Morgan fingerprint density at radius 1 is 1.11 bits per heavy atom. The summed E-state index contributed by atoms with van der Waals surface area (Å²) in [7, 11) is 3.20. The monoisotopic (exact) mass is 386 g/mol. The maximum Gasteiger partial charge on any atom is 0.254 e. The molecule has 0 N–H and O–H groups in total. The number of rotatable bonds is 11. The molecule has 0 unspecified atom stereocenters. The number of ether oxygens (including phenoxy) is 3. The van der Waals surface area contributed by atoms with Crippen LogP contribution in [0.3, 0.4) is 0 Å². The molecule has 0 aliphatic carbocycles. The topological polar surface area (TPSA) is 60.9 Å². The molecule has 0 fully saturated rings. The molecule has 2 rings (SSSR count). The van der Waals surface area contributed by atoms with Crippen LogP contribution >= 0.6 is 0 Å². The van der Waals surface area contributed by atoms with Crippen molar-refractivity contribution in [2.24, 2.45) is 5.92 Å². The highest BCUT2D eigenvalue weighted by Crippen LogP contribution is 2.29. The Morgan fingerprint density at radius 3 is 2.57 bits per heavy atom. The zero-order chi connectivity index (χ0) is 20.4. The van der Waals surface area contributed by atoms with Crippen LogP contribution < -0.4 is 9.47 Å². The van der Waals surface area contributed by atoms with Crippen molar-refractivity contribution in [2.75, 3.05) is 34.0 Å². The van der Waals surface area contributed by atoms with Crippen LogP contribution in [0.1, 0.15) is 36.3 Å². The van der Waals surface area contributed by atoms with Gasteiger partial charge in [0.1, 0.15) is 0 Å². The van der Waals surface area contributed by atoms with Crippen LogP contribution in [0.25, 0.3) is 0 Å². The highest BCUT2D eigenvalue weighted by atomic mass is 16.5. The van der Waals surface area contributed by atoms with Crippen LogP contribution in [0.15, 0.2) is 42.6 Å². The Morgan fingerprint density at radius 2 is 1.93 bits per heavy atom. The second-order valence-electron chi connectivity index (χ2n) is 6.94. The minimum atomic E-state index is -0.102. The molecule has 0 aliphatic heterocycles. The maximum absolute atomic E-state index is 13.1. The fourth-order valence-corrected chi connectivity index (χ4v) is 2.65. The van der Waals surface area contributed by atoms with Crippen LogP contribution in [-0.2, 0) is 11.3 Å². The molecule has 1 aromatic carbocycles. The molecular formula is C22H30N2O4. The van der Waals surface area contributed by atoms with Gasteiger partial charge < -0.3 is 19.1 Å². The number of amides is 1. The van der Waals surface area contributed by atoms with E-state index in [9.17, 15) is 4.79 Å². The second-order valence-corrected chi connectivity index (χ2v) is 6.94. The first kappa shape index (κ1) is 21.7. The van der Waals surface area contributed by atoms with Crippen molar-refractivity contribution in [1.29, 1.82) is 0 Å². The van der Waals surface area contributed by atoms with Crippen molar-refractivity contribution in [2.45, 2.75) is 26.8 Å². The zero-order valence-electron chi connectivity index (χ0n) is 17.2. The van der Waals surface area contributed by atoms with E-state index in [-0.39, 0.29) is 5.91 Å². The van der Waals surface area contributed by atoms with Gasteiger partial charge in [0.15, 0.2) is 11.5 Å². The summed E-state index contributed by atoms with van der Waals surface area (Å²) in [4.78, 5) is 19.1. The summed E-state index contributed by atoms with van der Waals surface area (Å²) in [6.45, 7) is 6.25. The van der Waals surface area contributed by atoms with Gasteiger partial charge >= 0.3 is 0 Å². The first-order valence-corrected chi connectivity index (χ1v) is 9.54. The van der Waals surface area contributed by atoms with Crippen molar-refractivity contribution in [3.63, 3.8) is 0 Å². The van der Waals surface area contributed by atoms with E-state index in [1.165, 1.54) is 0 Å². The number of carbonyl (C=O) groups is 1. The zero-order valence-corrected chi connectivity index (χ0v) is 17.2. The Bertz CT molecular complexity index is 735. The van der Waals surface area contributed by atoms with Gasteiger partial charge in [-0.25, -0.2) is 0 Å². The van der Waals surface area contributed by atoms with E-state index >= 15 is 0 Å². The third kappa shape index (κ3) is 6.53. The summed E-state index contributed by atoms with van der Waals surface area (Å²) >= 11 is 0. The van der Waals surface area contributed by atoms with Crippen molar-refractivity contribution in [1.82, 2.24) is 9.88 Å². The third-order valence-corrected chi connectivity index (χ3v) is 4.29. The van der Waals surface area contributed by atoms with Crippen LogP contribution in [0.4, 0.5) is 0 Å². The van der Waals surface area contributed by atoms with E-state index in [1.54, 1.807) is 43.5 Å². The summed E-state index contributed by atoms with van der Waals surface area (Å²) in [5.74, 6) is 1.66. The Hall–Kier alpha value is -2.60. The van der Waals surface area contributed by atoms with E-state index < -0.39 is 0 Å². The minimum Gasteiger partial charge on any atom is -0.493 e. The first-order valence-electron chi connectivity index (χ1n) is 9.54. The Labute approximate surface area is 167 Å². The number of pyridine rings is 1. The molecule has 6 heteroatoms. The molecule has 0 saturated carbocycles. The molecule has 0 bridgehead atoms. The summed E-state index contributed by atoms with van der Waals surface area (Å²) in [6, 6.07) is 11.0. The number of hydrogen-bond acceptors (Lipinski definition) is 5. The van der Waals surface area contributed by atoms with Gasteiger partial charge in [-0.2, -0.15) is 0 Å². The first-order chi connectivity index (χ1) is 13.5. The quantitative estimate of drug-likeness (QED) is 0.588. The fourth-order valence-electron chi connectivity index (χ4n) is 2.65. The summed E-state index contributed by atoms with van der Waals surface area (Å²) in [6.07, 6.45) is 2.68. The Balaban J connectivity index is 2.15. The molecule has 1 aromatic heterocycles. The van der Waals surface area contributed by atoms with E-state index in [2.05, 4.69) is 18.8 Å². The largest absolute Gasteiger partial charge is 0.493 e. The number of methoxy groups -OCH3 is 2. The molecule has 0 spiro atoms. The highest BCUT2D eigenvalue weighted by Gasteiger charge is 2.19. The van der Waals surface area contributed by atoms with Crippen molar-refractivity contribution >= 4 is 5.91 Å². The van der Waals surface area contributed by atoms with Crippen molar-refractivity contribution < 1.29 is 19.0 Å². The van der Waals surface area contributed by atoms with E-state index in [1.807, 2.05) is 18.2 Å². The molecule has 2 aromatic rings. The minimum absolute atomic E-state index is 0.102. The van der Waals surface area contributed by atoms with Gasteiger partial charge in [0.05, 0.1) is 32.6 Å². The predicted octanol–water partition coefficient (Wildman–Crippen LogP) is 3.80. The lowest BCUT2D eigenvalue weighted by Gasteiger charge is -2.22. The molecule has 6 nitrogen and oxygen atoms in total. The van der Waals surface area contributed by atoms with Crippen LogP contribution in [0, 0.1) is 5.92 Å². The average molecular weight is 386 g/mol. The lowest BCUT2D eigenvalue weighted by molar-refractivity contribution is 0.0677. The number of nitrogens with zero attached hydrogens (tertiary/aromatic N) is 2. The molecule has 1 heterocycles. The van der Waals surface area contributed by atoms with Gasteiger partial charge in [-0.1, -0.05) is 19.9 Å². The molecule has 152 valence electrons. The van der Waals surface area contributed by atoms with E-state index in [4.69, 9.17) is 14.2 Å². The van der Waals surface area contributed by atoms with Crippen LogP contribution in [0.2, 0.25) is 0 Å². The van der Waals surface area contributed by atoms with Gasteiger partial charge in [-0.15, -0.1) is 0 Å². The van der Waals surface area contributed by atoms with Crippen molar-refractivity contribution in [3.05, 3.63) is 53.9 Å². The molecule has 28 heavy (non-hydrogen) atoms. The standard InChI is InChI=1S/C22H30N2O4/c1-17(2)10-13-28-20-9-8-18(15-21(20)27-4)22(25)24(12-14-26-3)16-19-7-5-6-11-23-19/h5-9,11,15,17H,10,12-14,16H2,1-4H3. The molecule has 0 saturated heterocycles. The average Bonchev–Trinajstić information content (AvgIpc) is 2.71. The lowest BCUT2D eigenvalue weighted by Crippen LogP contribution is -2.33. The van der Waals surface area contributed by atoms with Gasteiger partial charge in [0, 0.05) is 25.4 Å². The number of hydrogen-bond donors (Lipinski definition) is 0. The smallest absolute Gasteiger partial charge is 0.254 e. The summed E-state index contributed by atoms with van der Waals surface area (Å²) < 4.78 is 16.4. The van der Waals surface area contributed by atoms with E-state index in [0.29, 0.717) is 49.3 Å². The summed E-state index contributed by atoms with van der Waals surface area (Å²) in [5.41, 5.74) is 1.37. The van der Waals surface area contributed by atoms with Crippen LogP contribution in [0.5, 0.6) is 11.5 Å². The predicted molar refractivity (Wildman–Crippen MR) is 109 cm³/mol. The lowest BCUT2D eigenvalue weighted by atomic mass is 10.1. The Kier molecular flexibility index (Phi) is 8.75. The second kappa shape index (κ2) is 11.3. The molecular weight excluding hydrogens is 356 g/mol. The maximum atomic E-state index is 13.1. The number of aromatic nitrogens is 1. The number of carbonyl (C=O) groups excluding carboxylic acids is 1. The van der Waals surface area contributed by atoms with Gasteiger partial charge in [-0.05, 0) is 42.7 Å². The van der Waals surface area contributed by atoms with Crippen molar-refractivity contribution in [3.8, 4) is 11.5 Å². The molecule has 0 atom stereocenters. The molecule has 0 aliphatic rings.